The molecule has 2 nitrogen and oxygen atoms in total. The fourth-order valence-electron chi connectivity index (χ4n) is 3.00. The Kier molecular flexibility index (Phi) is 7.25. The largest absolute Gasteiger partial charge is 0.309 e. The first-order chi connectivity index (χ1) is 9.53. The standard InChI is InChI=1S/C18H32N2/c1-7-16(8-2)20(6)13-18(19-9-3)17-12-14(4)10-11-15(17)5/h10-12,16,18-19H,7-9,13H2,1-6H3. The smallest absolute Gasteiger partial charge is 0.0451 e. The fourth-order valence-corrected chi connectivity index (χ4v) is 3.00. The average molecular weight is 276 g/mol. The van der Waals surface area contributed by atoms with E-state index in [2.05, 4.69) is 70.1 Å². The van der Waals surface area contributed by atoms with Gasteiger partial charge >= 0.3 is 0 Å². The molecular formula is C18H32N2. The monoisotopic (exact) mass is 276 g/mol. The van der Waals surface area contributed by atoms with Crippen molar-refractivity contribution in [3.05, 3.63) is 34.9 Å². The van der Waals surface area contributed by atoms with Crippen LogP contribution in [0.4, 0.5) is 0 Å². The fraction of sp³-hybridized carbons (Fsp3) is 0.667. The van der Waals surface area contributed by atoms with Crippen molar-refractivity contribution in [2.24, 2.45) is 0 Å². The van der Waals surface area contributed by atoms with Crippen molar-refractivity contribution in [1.29, 1.82) is 0 Å². The van der Waals surface area contributed by atoms with Gasteiger partial charge in [-0.05, 0) is 51.4 Å². The number of likely N-dealkylation sites (N-methyl/N-ethyl adjacent to an activating group) is 2. The molecule has 0 radical (unpaired) electrons. The molecule has 0 aliphatic rings. The van der Waals surface area contributed by atoms with Gasteiger partial charge in [0.1, 0.15) is 0 Å². The summed E-state index contributed by atoms with van der Waals surface area (Å²) in [5, 5.41) is 3.66. The lowest BCUT2D eigenvalue weighted by molar-refractivity contribution is 0.206. The van der Waals surface area contributed by atoms with Crippen molar-refractivity contribution in [3.63, 3.8) is 0 Å². The zero-order chi connectivity index (χ0) is 15.1. The Labute approximate surface area is 125 Å². The summed E-state index contributed by atoms with van der Waals surface area (Å²) >= 11 is 0. The van der Waals surface area contributed by atoms with Gasteiger partial charge in [0.2, 0.25) is 0 Å². The highest BCUT2D eigenvalue weighted by Gasteiger charge is 2.18. The van der Waals surface area contributed by atoms with E-state index in [0.717, 1.165) is 13.1 Å². The lowest BCUT2D eigenvalue weighted by Gasteiger charge is -2.31. The number of aryl methyl sites for hydroxylation is 2. The van der Waals surface area contributed by atoms with Crippen LogP contribution in [0.5, 0.6) is 0 Å². The van der Waals surface area contributed by atoms with E-state index in [1.807, 2.05) is 0 Å². The molecule has 0 saturated heterocycles. The highest BCUT2D eigenvalue weighted by atomic mass is 15.1. The van der Waals surface area contributed by atoms with Crippen LogP contribution in [0.15, 0.2) is 18.2 Å². The number of hydrogen-bond donors (Lipinski definition) is 1. The molecule has 1 unspecified atom stereocenters. The zero-order valence-corrected chi connectivity index (χ0v) is 14.2. The third kappa shape index (κ3) is 4.60. The van der Waals surface area contributed by atoms with Gasteiger partial charge in [0.15, 0.2) is 0 Å². The second kappa shape index (κ2) is 8.43. The van der Waals surface area contributed by atoms with E-state index in [1.54, 1.807) is 0 Å². The summed E-state index contributed by atoms with van der Waals surface area (Å²) in [6.45, 7) is 13.2. The number of benzene rings is 1. The SMILES string of the molecule is CCNC(CN(C)C(CC)CC)c1cc(C)ccc1C. The minimum absolute atomic E-state index is 0.422. The third-order valence-corrected chi connectivity index (χ3v) is 4.30. The summed E-state index contributed by atoms with van der Waals surface area (Å²) in [5.41, 5.74) is 4.18. The lowest BCUT2D eigenvalue weighted by atomic mass is 9.97. The Morgan fingerprint density at radius 1 is 1.10 bits per heavy atom. The first-order valence-electron chi connectivity index (χ1n) is 8.04. The van der Waals surface area contributed by atoms with Gasteiger partial charge in [-0.1, -0.05) is 44.5 Å². The second-order valence-corrected chi connectivity index (χ2v) is 5.88. The van der Waals surface area contributed by atoms with Crippen LogP contribution in [0, 0.1) is 13.8 Å². The number of nitrogens with zero attached hydrogens (tertiary/aromatic N) is 1. The van der Waals surface area contributed by atoms with E-state index in [-0.39, 0.29) is 0 Å². The molecule has 20 heavy (non-hydrogen) atoms. The summed E-state index contributed by atoms with van der Waals surface area (Å²) in [7, 11) is 2.26. The highest BCUT2D eigenvalue weighted by Crippen LogP contribution is 2.21. The molecule has 0 saturated carbocycles. The average Bonchev–Trinajstić information content (AvgIpc) is 2.42. The topological polar surface area (TPSA) is 15.3 Å². The predicted octanol–water partition coefficient (Wildman–Crippen LogP) is 4.07. The van der Waals surface area contributed by atoms with Crippen LogP contribution < -0.4 is 5.32 Å². The van der Waals surface area contributed by atoms with E-state index in [9.17, 15) is 0 Å². The van der Waals surface area contributed by atoms with Crippen molar-refractivity contribution < 1.29 is 0 Å². The first kappa shape index (κ1) is 17.2. The van der Waals surface area contributed by atoms with Gasteiger partial charge in [-0.25, -0.2) is 0 Å². The molecule has 1 rings (SSSR count). The molecule has 0 aliphatic carbocycles. The summed E-state index contributed by atoms with van der Waals surface area (Å²) < 4.78 is 0. The Hall–Kier alpha value is -0.860. The van der Waals surface area contributed by atoms with E-state index < -0.39 is 0 Å². The molecule has 114 valence electrons. The third-order valence-electron chi connectivity index (χ3n) is 4.30. The summed E-state index contributed by atoms with van der Waals surface area (Å²) in [4.78, 5) is 2.51. The second-order valence-electron chi connectivity index (χ2n) is 5.88. The predicted molar refractivity (Wildman–Crippen MR) is 89.3 cm³/mol. The number of hydrogen-bond acceptors (Lipinski definition) is 2. The maximum atomic E-state index is 3.66. The van der Waals surface area contributed by atoms with Crippen molar-refractivity contribution >= 4 is 0 Å². The lowest BCUT2D eigenvalue weighted by Crippen LogP contribution is -2.38. The minimum atomic E-state index is 0.422. The molecule has 1 atom stereocenters. The molecule has 0 spiro atoms. The molecule has 2 heteroatoms. The Balaban J connectivity index is 2.90. The van der Waals surface area contributed by atoms with Crippen molar-refractivity contribution in [2.75, 3.05) is 20.1 Å². The van der Waals surface area contributed by atoms with Crippen LogP contribution in [-0.2, 0) is 0 Å². The quantitative estimate of drug-likeness (QED) is 0.770. The molecule has 0 bridgehead atoms. The molecule has 1 aromatic carbocycles. The van der Waals surface area contributed by atoms with Crippen molar-refractivity contribution in [3.8, 4) is 0 Å². The Morgan fingerprint density at radius 2 is 1.75 bits per heavy atom. The minimum Gasteiger partial charge on any atom is -0.309 e. The first-order valence-corrected chi connectivity index (χ1v) is 8.04. The van der Waals surface area contributed by atoms with Gasteiger partial charge in [0, 0.05) is 18.6 Å². The number of nitrogens with one attached hydrogen (secondary N) is 1. The van der Waals surface area contributed by atoms with E-state index in [0.29, 0.717) is 12.1 Å². The number of rotatable bonds is 8. The van der Waals surface area contributed by atoms with Gasteiger partial charge in [0.25, 0.3) is 0 Å². The van der Waals surface area contributed by atoms with Gasteiger partial charge in [-0.3, -0.25) is 0 Å². The van der Waals surface area contributed by atoms with Gasteiger partial charge in [-0.15, -0.1) is 0 Å². The molecule has 0 fully saturated rings. The molecule has 0 heterocycles. The normalized spacial score (nSPS) is 13.2. The zero-order valence-electron chi connectivity index (χ0n) is 14.2. The van der Waals surface area contributed by atoms with Gasteiger partial charge < -0.3 is 10.2 Å². The molecular weight excluding hydrogens is 244 g/mol. The van der Waals surface area contributed by atoms with Crippen LogP contribution >= 0.6 is 0 Å². The Bertz CT molecular complexity index is 396. The maximum absolute atomic E-state index is 3.66. The van der Waals surface area contributed by atoms with Crippen LogP contribution in [-0.4, -0.2) is 31.1 Å². The van der Waals surface area contributed by atoms with E-state index in [1.165, 1.54) is 29.5 Å². The van der Waals surface area contributed by atoms with Crippen LogP contribution in [0.25, 0.3) is 0 Å². The van der Waals surface area contributed by atoms with Crippen molar-refractivity contribution in [1.82, 2.24) is 10.2 Å². The highest BCUT2D eigenvalue weighted by molar-refractivity contribution is 5.33. The maximum Gasteiger partial charge on any atom is 0.0451 e. The van der Waals surface area contributed by atoms with Gasteiger partial charge in [0.05, 0.1) is 0 Å². The van der Waals surface area contributed by atoms with Gasteiger partial charge in [-0.2, -0.15) is 0 Å². The van der Waals surface area contributed by atoms with Crippen molar-refractivity contribution in [2.45, 2.75) is 59.5 Å². The summed E-state index contributed by atoms with van der Waals surface area (Å²) in [6.07, 6.45) is 2.44. The Morgan fingerprint density at radius 3 is 2.30 bits per heavy atom. The van der Waals surface area contributed by atoms with Crippen LogP contribution in [0.1, 0.15) is 56.3 Å². The molecule has 0 aliphatic heterocycles. The molecule has 0 amide bonds. The molecule has 1 aromatic rings. The van der Waals surface area contributed by atoms with E-state index in [4.69, 9.17) is 0 Å². The van der Waals surface area contributed by atoms with E-state index >= 15 is 0 Å². The molecule has 0 aromatic heterocycles. The summed E-state index contributed by atoms with van der Waals surface area (Å²) in [5.74, 6) is 0. The molecule has 1 N–H and O–H groups in total. The van der Waals surface area contributed by atoms with Crippen LogP contribution in [0.3, 0.4) is 0 Å². The van der Waals surface area contributed by atoms with Crippen LogP contribution in [0.2, 0.25) is 0 Å². The summed E-state index contributed by atoms with van der Waals surface area (Å²) in [6, 6.07) is 7.88.